The zero-order chi connectivity index (χ0) is 20.1. The first-order valence-electron chi connectivity index (χ1n) is 10.3. The van der Waals surface area contributed by atoms with Gasteiger partial charge in [0.05, 0.1) is 24.0 Å². The average molecular weight is 393 g/mol. The maximum Gasteiger partial charge on any atom is 0.252 e. The molecular weight excluding hydrogens is 364 g/mol. The van der Waals surface area contributed by atoms with E-state index < -0.39 is 0 Å². The number of piperidine rings is 1. The fourth-order valence-corrected chi connectivity index (χ4v) is 3.89. The van der Waals surface area contributed by atoms with Crippen molar-refractivity contribution < 1.29 is 4.79 Å². The molecule has 7 heteroatoms. The van der Waals surface area contributed by atoms with Crippen molar-refractivity contribution in [2.45, 2.75) is 38.3 Å². The second kappa shape index (κ2) is 9.05. The van der Waals surface area contributed by atoms with Gasteiger partial charge in [0.2, 0.25) is 0 Å². The number of hydrogen-bond acceptors (Lipinski definition) is 5. The lowest BCUT2D eigenvalue weighted by atomic mass is 10.0. The number of fused-ring (bicyclic) bond motifs is 1. The standard InChI is InChI=1S/C22H28N6O/c1-27-12-4-2-6-18(27)10-11-23-22(29)17-8-9-20(24-14-17)25-15-19-16-26-21-7-3-5-13-28(19)21/h3,5,7-9,13-14,16,18H,2,4,6,10-12,15H2,1H3,(H,23,29)(H,24,25). The Hall–Kier alpha value is -2.93. The summed E-state index contributed by atoms with van der Waals surface area (Å²) >= 11 is 0. The highest BCUT2D eigenvalue weighted by atomic mass is 16.1. The molecule has 0 aliphatic carbocycles. The third-order valence-corrected chi connectivity index (χ3v) is 5.65. The van der Waals surface area contributed by atoms with Crippen LogP contribution in [0, 0.1) is 0 Å². The monoisotopic (exact) mass is 392 g/mol. The molecule has 3 aromatic rings. The summed E-state index contributed by atoms with van der Waals surface area (Å²) in [7, 11) is 2.17. The van der Waals surface area contributed by atoms with E-state index in [1.165, 1.54) is 19.3 Å². The molecule has 1 amide bonds. The molecule has 3 aromatic heterocycles. The normalized spacial score (nSPS) is 17.3. The summed E-state index contributed by atoms with van der Waals surface area (Å²) in [6.45, 7) is 2.47. The van der Waals surface area contributed by atoms with Crippen LogP contribution in [0.15, 0.2) is 48.9 Å². The minimum atomic E-state index is -0.0655. The van der Waals surface area contributed by atoms with E-state index in [-0.39, 0.29) is 5.91 Å². The van der Waals surface area contributed by atoms with E-state index >= 15 is 0 Å². The molecule has 0 saturated carbocycles. The van der Waals surface area contributed by atoms with E-state index in [4.69, 9.17) is 0 Å². The van der Waals surface area contributed by atoms with Crippen LogP contribution < -0.4 is 10.6 Å². The molecule has 152 valence electrons. The van der Waals surface area contributed by atoms with E-state index in [1.807, 2.05) is 47.1 Å². The molecule has 2 N–H and O–H groups in total. The second-order valence-electron chi connectivity index (χ2n) is 7.64. The topological polar surface area (TPSA) is 74.6 Å². The highest BCUT2D eigenvalue weighted by Crippen LogP contribution is 2.17. The molecule has 0 bridgehead atoms. The van der Waals surface area contributed by atoms with Crippen LogP contribution >= 0.6 is 0 Å². The number of aromatic nitrogens is 3. The number of rotatable bonds is 7. The Bertz CT molecular complexity index is 951. The quantitative estimate of drug-likeness (QED) is 0.647. The molecule has 1 aliphatic rings. The van der Waals surface area contributed by atoms with Crippen molar-refractivity contribution in [1.29, 1.82) is 0 Å². The van der Waals surface area contributed by atoms with Crippen LogP contribution in [0.1, 0.15) is 41.7 Å². The lowest BCUT2D eigenvalue weighted by Crippen LogP contribution is -2.39. The number of carbonyl (C=O) groups excluding carboxylic acids is 1. The number of imidazole rings is 1. The van der Waals surface area contributed by atoms with E-state index in [0.29, 0.717) is 24.7 Å². The van der Waals surface area contributed by atoms with Crippen LogP contribution in [0.2, 0.25) is 0 Å². The molecule has 0 radical (unpaired) electrons. The molecule has 1 saturated heterocycles. The van der Waals surface area contributed by atoms with Gasteiger partial charge in [0.1, 0.15) is 11.5 Å². The summed E-state index contributed by atoms with van der Waals surface area (Å²) in [5.41, 5.74) is 2.56. The number of pyridine rings is 2. The number of nitrogens with zero attached hydrogens (tertiary/aromatic N) is 4. The molecule has 1 unspecified atom stereocenters. The lowest BCUT2D eigenvalue weighted by Gasteiger charge is -2.32. The van der Waals surface area contributed by atoms with Crippen LogP contribution in [0.25, 0.3) is 5.65 Å². The summed E-state index contributed by atoms with van der Waals surface area (Å²) in [6.07, 6.45) is 10.3. The number of anilines is 1. The predicted octanol–water partition coefficient (Wildman–Crippen LogP) is 2.95. The number of amides is 1. The van der Waals surface area contributed by atoms with Crippen LogP contribution in [0.3, 0.4) is 0 Å². The molecule has 0 spiro atoms. The molecular formula is C22H28N6O. The minimum Gasteiger partial charge on any atom is -0.364 e. The largest absolute Gasteiger partial charge is 0.364 e. The van der Waals surface area contributed by atoms with Crippen molar-refractivity contribution in [3.05, 3.63) is 60.2 Å². The minimum absolute atomic E-state index is 0.0655. The Kier molecular flexibility index (Phi) is 6.05. The molecule has 7 nitrogen and oxygen atoms in total. The first kappa shape index (κ1) is 19.4. The van der Waals surface area contributed by atoms with Gasteiger partial charge in [0, 0.05) is 25.0 Å². The van der Waals surface area contributed by atoms with Gasteiger partial charge >= 0.3 is 0 Å². The second-order valence-corrected chi connectivity index (χ2v) is 7.64. The lowest BCUT2D eigenvalue weighted by molar-refractivity contribution is 0.0945. The summed E-state index contributed by atoms with van der Waals surface area (Å²) in [5, 5.41) is 6.31. The SMILES string of the molecule is CN1CCCCC1CCNC(=O)c1ccc(NCc2cnc3ccccn23)nc1. The summed E-state index contributed by atoms with van der Waals surface area (Å²) < 4.78 is 2.04. The van der Waals surface area contributed by atoms with Crippen LogP contribution in [-0.4, -0.2) is 51.4 Å². The van der Waals surface area contributed by atoms with E-state index in [9.17, 15) is 4.79 Å². The van der Waals surface area contributed by atoms with Crippen molar-refractivity contribution >= 4 is 17.4 Å². The molecule has 1 atom stereocenters. The molecule has 4 heterocycles. The van der Waals surface area contributed by atoms with Crippen LogP contribution in [0.5, 0.6) is 0 Å². The smallest absolute Gasteiger partial charge is 0.252 e. The van der Waals surface area contributed by atoms with Gasteiger partial charge in [-0.3, -0.25) is 4.79 Å². The zero-order valence-electron chi connectivity index (χ0n) is 16.8. The van der Waals surface area contributed by atoms with Crippen LogP contribution in [0.4, 0.5) is 5.82 Å². The Morgan fingerprint density at radius 1 is 1.17 bits per heavy atom. The molecule has 1 aliphatic heterocycles. The predicted molar refractivity (Wildman–Crippen MR) is 114 cm³/mol. The first-order valence-corrected chi connectivity index (χ1v) is 10.3. The third-order valence-electron chi connectivity index (χ3n) is 5.65. The van der Waals surface area contributed by atoms with Gasteiger partial charge < -0.3 is 19.9 Å². The summed E-state index contributed by atoms with van der Waals surface area (Å²) in [5.74, 6) is 0.667. The summed E-state index contributed by atoms with van der Waals surface area (Å²) in [6, 6.07) is 10.2. The maximum absolute atomic E-state index is 12.4. The highest BCUT2D eigenvalue weighted by molar-refractivity contribution is 5.94. The van der Waals surface area contributed by atoms with Crippen molar-refractivity contribution in [2.75, 3.05) is 25.5 Å². The molecule has 1 fully saturated rings. The van der Waals surface area contributed by atoms with Crippen molar-refractivity contribution in [3.8, 4) is 0 Å². The van der Waals surface area contributed by atoms with E-state index in [0.717, 1.165) is 30.1 Å². The molecule has 29 heavy (non-hydrogen) atoms. The van der Waals surface area contributed by atoms with Gasteiger partial charge in [-0.15, -0.1) is 0 Å². The average Bonchev–Trinajstić information content (AvgIpc) is 3.17. The van der Waals surface area contributed by atoms with Crippen LogP contribution in [-0.2, 0) is 6.54 Å². The van der Waals surface area contributed by atoms with Crippen molar-refractivity contribution in [3.63, 3.8) is 0 Å². The number of hydrogen-bond donors (Lipinski definition) is 2. The van der Waals surface area contributed by atoms with E-state index in [1.54, 1.807) is 6.20 Å². The number of likely N-dealkylation sites (tertiary alicyclic amines) is 1. The Morgan fingerprint density at radius 3 is 2.93 bits per heavy atom. The maximum atomic E-state index is 12.4. The van der Waals surface area contributed by atoms with E-state index in [2.05, 4.69) is 32.5 Å². The zero-order valence-corrected chi connectivity index (χ0v) is 16.8. The van der Waals surface area contributed by atoms with Gasteiger partial charge in [0.15, 0.2) is 0 Å². The molecule has 4 rings (SSSR count). The van der Waals surface area contributed by atoms with Crippen molar-refractivity contribution in [2.24, 2.45) is 0 Å². The number of nitrogens with one attached hydrogen (secondary N) is 2. The van der Waals surface area contributed by atoms with Gasteiger partial charge in [-0.25, -0.2) is 9.97 Å². The van der Waals surface area contributed by atoms with Crippen molar-refractivity contribution in [1.82, 2.24) is 24.6 Å². The summed E-state index contributed by atoms with van der Waals surface area (Å²) in [4.78, 5) is 23.5. The first-order chi connectivity index (χ1) is 14.2. The fourth-order valence-electron chi connectivity index (χ4n) is 3.89. The molecule has 0 aromatic carbocycles. The number of carbonyl (C=O) groups is 1. The third kappa shape index (κ3) is 4.74. The van der Waals surface area contributed by atoms with Gasteiger partial charge in [0.25, 0.3) is 5.91 Å². The van der Waals surface area contributed by atoms with Gasteiger partial charge in [-0.1, -0.05) is 12.5 Å². The Balaban J connectivity index is 1.26. The Morgan fingerprint density at radius 2 is 2.10 bits per heavy atom. The fraction of sp³-hybridized carbons (Fsp3) is 0.409. The van der Waals surface area contributed by atoms with Gasteiger partial charge in [-0.2, -0.15) is 0 Å². The Labute approximate surface area is 171 Å². The highest BCUT2D eigenvalue weighted by Gasteiger charge is 2.18. The van der Waals surface area contributed by atoms with Gasteiger partial charge in [-0.05, 0) is 57.1 Å².